The van der Waals surface area contributed by atoms with Gasteiger partial charge in [0.15, 0.2) is 0 Å². The summed E-state index contributed by atoms with van der Waals surface area (Å²) in [5.41, 5.74) is 7.54. The van der Waals surface area contributed by atoms with E-state index in [0.717, 1.165) is 10.4 Å². The maximum Gasteiger partial charge on any atom is 0.132 e. The third-order valence-electron chi connectivity index (χ3n) is 2.78. The van der Waals surface area contributed by atoms with E-state index in [2.05, 4.69) is 0 Å². The van der Waals surface area contributed by atoms with Crippen molar-refractivity contribution in [2.24, 2.45) is 5.73 Å². The first-order chi connectivity index (χ1) is 8.13. The number of hydrogen-bond acceptors (Lipinski definition) is 3. The highest BCUT2D eigenvalue weighted by molar-refractivity contribution is 7.10. The van der Waals surface area contributed by atoms with E-state index in [9.17, 15) is 4.39 Å². The average molecular weight is 251 g/mol. The van der Waals surface area contributed by atoms with Crippen LogP contribution in [-0.2, 0) is 0 Å². The first-order valence-electron chi connectivity index (χ1n) is 5.26. The van der Waals surface area contributed by atoms with Gasteiger partial charge in [0, 0.05) is 16.5 Å². The molecular formula is C13H14FNOS. The summed E-state index contributed by atoms with van der Waals surface area (Å²) in [6.45, 7) is 1.99. The van der Waals surface area contributed by atoms with Crippen LogP contribution in [-0.4, -0.2) is 7.11 Å². The summed E-state index contributed by atoms with van der Waals surface area (Å²) in [5, 5.41) is 1.96. The van der Waals surface area contributed by atoms with E-state index in [1.165, 1.54) is 13.2 Å². The Morgan fingerprint density at radius 2 is 2.06 bits per heavy atom. The Labute approximate surface area is 104 Å². The zero-order valence-corrected chi connectivity index (χ0v) is 10.6. The van der Waals surface area contributed by atoms with E-state index < -0.39 is 6.04 Å². The lowest BCUT2D eigenvalue weighted by atomic mass is 10.00. The molecule has 1 atom stereocenters. The van der Waals surface area contributed by atoms with Crippen molar-refractivity contribution in [2.45, 2.75) is 13.0 Å². The average Bonchev–Trinajstić information content (AvgIpc) is 2.74. The van der Waals surface area contributed by atoms with Crippen LogP contribution in [0.25, 0.3) is 0 Å². The fraction of sp³-hybridized carbons (Fsp3) is 0.231. The van der Waals surface area contributed by atoms with Crippen LogP contribution in [0.4, 0.5) is 4.39 Å². The van der Waals surface area contributed by atoms with Gasteiger partial charge in [0.1, 0.15) is 11.6 Å². The number of methoxy groups -OCH3 is 1. The van der Waals surface area contributed by atoms with Crippen LogP contribution in [0.15, 0.2) is 29.6 Å². The van der Waals surface area contributed by atoms with E-state index >= 15 is 0 Å². The van der Waals surface area contributed by atoms with Gasteiger partial charge in [0.2, 0.25) is 0 Å². The highest BCUT2D eigenvalue weighted by atomic mass is 32.1. The van der Waals surface area contributed by atoms with Crippen LogP contribution in [0.2, 0.25) is 0 Å². The Morgan fingerprint density at radius 3 is 2.59 bits per heavy atom. The minimum Gasteiger partial charge on any atom is -0.497 e. The summed E-state index contributed by atoms with van der Waals surface area (Å²) in [4.78, 5) is 1.12. The number of rotatable bonds is 3. The molecule has 0 spiro atoms. The molecule has 17 heavy (non-hydrogen) atoms. The van der Waals surface area contributed by atoms with Crippen molar-refractivity contribution in [2.75, 3.05) is 7.11 Å². The van der Waals surface area contributed by atoms with Gasteiger partial charge in [0.25, 0.3) is 0 Å². The summed E-state index contributed by atoms with van der Waals surface area (Å²) in [5.74, 6) is 0.169. The standard InChI is InChI=1S/C13H14FNOS/c1-8-10(5-6-17-8)13(15)11-4-3-9(16-2)7-12(11)14/h3-7,13H,15H2,1-2H3. The molecule has 0 saturated carbocycles. The number of ether oxygens (including phenoxy) is 1. The molecule has 1 aromatic heterocycles. The van der Waals surface area contributed by atoms with Gasteiger partial charge in [-0.2, -0.15) is 0 Å². The zero-order chi connectivity index (χ0) is 12.4. The number of benzene rings is 1. The molecule has 0 amide bonds. The topological polar surface area (TPSA) is 35.2 Å². The molecule has 0 aliphatic rings. The van der Waals surface area contributed by atoms with Crippen LogP contribution in [0.3, 0.4) is 0 Å². The van der Waals surface area contributed by atoms with Crippen molar-refractivity contribution in [1.29, 1.82) is 0 Å². The Bertz CT molecular complexity index is 524. The highest BCUT2D eigenvalue weighted by Crippen LogP contribution is 2.29. The molecule has 90 valence electrons. The number of hydrogen-bond donors (Lipinski definition) is 1. The fourth-order valence-electron chi connectivity index (χ4n) is 1.77. The Balaban J connectivity index is 2.38. The zero-order valence-electron chi connectivity index (χ0n) is 9.74. The Hall–Kier alpha value is -1.39. The van der Waals surface area contributed by atoms with Gasteiger partial charge in [-0.15, -0.1) is 11.3 Å². The predicted molar refractivity (Wildman–Crippen MR) is 68.0 cm³/mol. The third kappa shape index (κ3) is 2.33. The molecule has 0 aliphatic carbocycles. The highest BCUT2D eigenvalue weighted by Gasteiger charge is 2.16. The quantitative estimate of drug-likeness (QED) is 0.908. The molecule has 4 heteroatoms. The van der Waals surface area contributed by atoms with Crippen LogP contribution in [0, 0.1) is 12.7 Å². The minimum absolute atomic E-state index is 0.331. The third-order valence-corrected chi connectivity index (χ3v) is 3.64. The maximum atomic E-state index is 13.9. The maximum absolute atomic E-state index is 13.9. The van der Waals surface area contributed by atoms with Crippen molar-refractivity contribution < 1.29 is 9.13 Å². The van der Waals surface area contributed by atoms with Gasteiger partial charge in [-0.05, 0) is 30.0 Å². The monoisotopic (exact) mass is 251 g/mol. The van der Waals surface area contributed by atoms with Crippen molar-refractivity contribution in [3.05, 3.63) is 51.5 Å². The van der Waals surface area contributed by atoms with E-state index in [1.807, 2.05) is 18.4 Å². The fourth-order valence-corrected chi connectivity index (χ4v) is 2.52. The summed E-state index contributed by atoms with van der Waals surface area (Å²) < 4.78 is 18.8. The second-order valence-electron chi connectivity index (χ2n) is 3.80. The minimum atomic E-state index is -0.424. The SMILES string of the molecule is COc1ccc(C(N)c2ccsc2C)c(F)c1. The normalized spacial score (nSPS) is 12.5. The molecule has 0 bridgehead atoms. The van der Waals surface area contributed by atoms with Gasteiger partial charge < -0.3 is 10.5 Å². The lowest BCUT2D eigenvalue weighted by Crippen LogP contribution is -2.13. The van der Waals surface area contributed by atoms with Crippen LogP contribution in [0.5, 0.6) is 5.75 Å². The molecule has 0 radical (unpaired) electrons. The molecule has 0 aliphatic heterocycles. The van der Waals surface area contributed by atoms with Gasteiger partial charge in [-0.3, -0.25) is 0 Å². The van der Waals surface area contributed by atoms with Crippen molar-refractivity contribution >= 4 is 11.3 Å². The lowest BCUT2D eigenvalue weighted by molar-refractivity contribution is 0.410. The number of aryl methyl sites for hydroxylation is 1. The van der Waals surface area contributed by atoms with E-state index in [0.29, 0.717) is 11.3 Å². The molecular weight excluding hydrogens is 237 g/mol. The molecule has 0 saturated heterocycles. The van der Waals surface area contributed by atoms with E-state index in [4.69, 9.17) is 10.5 Å². The molecule has 2 nitrogen and oxygen atoms in total. The Kier molecular flexibility index (Phi) is 3.45. The van der Waals surface area contributed by atoms with Crippen LogP contribution >= 0.6 is 11.3 Å². The van der Waals surface area contributed by atoms with Crippen molar-refractivity contribution in [3.8, 4) is 5.75 Å². The van der Waals surface area contributed by atoms with Crippen molar-refractivity contribution in [3.63, 3.8) is 0 Å². The second-order valence-corrected chi connectivity index (χ2v) is 4.92. The molecule has 1 aromatic carbocycles. The van der Waals surface area contributed by atoms with Crippen molar-refractivity contribution in [1.82, 2.24) is 0 Å². The molecule has 2 aromatic rings. The molecule has 2 rings (SSSR count). The predicted octanol–water partition coefficient (Wildman–Crippen LogP) is 3.25. The largest absolute Gasteiger partial charge is 0.497 e. The van der Waals surface area contributed by atoms with Crippen LogP contribution < -0.4 is 10.5 Å². The summed E-state index contributed by atoms with van der Waals surface area (Å²) >= 11 is 1.61. The summed E-state index contributed by atoms with van der Waals surface area (Å²) in [6.07, 6.45) is 0. The number of halogens is 1. The number of nitrogens with two attached hydrogens (primary N) is 1. The summed E-state index contributed by atoms with van der Waals surface area (Å²) in [7, 11) is 1.51. The van der Waals surface area contributed by atoms with Crippen LogP contribution in [0.1, 0.15) is 22.0 Å². The van der Waals surface area contributed by atoms with E-state index in [-0.39, 0.29) is 5.82 Å². The van der Waals surface area contributed by atoms with Gasteiger partial charge in [-0.25, -0.2) is 4.39 Å². The smallest absolute Gasteiger partial charge is 0.132 e. The molecule has 1 unspecified atom stereocenters. The molecule has 2 N–H and O–H groups in total. The van der Waals surface area contributed by atoms with Gasteiger partial charge in [-0.1, -0.05) is 6.07 Å². The lowest BCUT2D eigenvalue weighted by Gasteiger charge is -2.13. The molecule has 0 fully saturated rings. The van der Waals surface area contributed by atoms with Gasteiger partial charge >= 0.3 is 0 Å². The molecule has 1 heterocycles. The second kappa shape index (κ2) is 4.85. The Morgan fingerprint density at radius 1 is 1.29 bits per heavy atom. The van der Waals surface area contributed by atoms with E-state index in [1.54, 1.807) is 23.5 Å². The number of thiophene rings is 1. The summed E-state index contributed by atoms with van der Waals surface area (Å²) in [6, 6.07) is 6.27. The first-order valence-corrected chi connectivity index (χ1v) is 6.14. The van der Waals surface area contributed by atoms with Gasteiger partial charge in [0.05, 0.1) is 13.2 Å². The first kappa shape index (κ1) is 12.1.